The van der Waals surface area contributed by atoms with E-state index in [0.29, 0.717) is 5.69 Å². The van der Waals surface area contributed by atoms with Gasteiger partial charge in [-0.15, -0.1) is 0 Å². The van der Waals surface area contributed by atoms with E-state index in [1.165, 1.54) is 0 Å². The number of carbonyl (C=O) groups excluding carboxylic acids is 3. The Hall–Kier alpha value is -2.12. The van der Waals surface area contributed by atoms with Gasteiger partial charge < -0.3 is 5.32 Å². The van der Waals surface area contributed by atoms with Crippen LogP contribution in [-0.4, -0.2) is 29.2 Å². The molecule has 26 heavy (non-hydrogen) atoms. The maximum absolute atomic E-state index is 12.0. The van der Waals surface area contributed by atoms with Gasteiger partial charge in [-0.1, -0.05) is 27.7 Å². The van der Waals surface area contributed by atoms with Crippen molar-refractivity contribution >= 4 is 51.1 Å². The molecule has 5 nitrogen and oxygen atoms in total. The number of rotatable bonds is 6. The van der Waals surface area contributed by atoms with E-state index in [2.05, 4.69) is 21.2 Å². The van der Waals surface area contributed by atoms with E-state index in [9.17, 15) is 14.4 Å². The third-order valence-electron chi connectivity index (χ3n) is 3.90. The molecule has 1 fully saturated rings. The first kappa shape index (κ1) is 18.7. The molecule has 7 heteroatoms. The number of halogens is 1. The smallest absolute Gasteiger partial charge is 0.229 e. The maximum Gasteiger partial charge on any atom is 0.229 e. The average molecular weight is 433 g/mol. The fourth-order valence-electron chi connectivity index (χ4n) is 2.55. The predicted octanol–water partition coefficient (Wildman–Crippen LogP) is 4.08. The van der Waals surface area contributed by atoms with Crippen LogP contribution in [0.2, 0.25) is 0 Å². The molecule has 0 aliphatic carbocycles. The van der Waals surface area contributed by atoms with Crippen LogP contribution in [0, 0.1) is 0 Å². The van der Waals surface area contributed by atoms with Crippen molar-refractivity contribution in [3.05, 3.63) is 53.0 Å². The Balaban J connectivity index is 1.50. The Morgan fingerprint density at radius 2 is 1.50 bits per heavy atom. The van der Waals surface area contributed by atoms with Crippen LogP contribution in [0.1, 0.15) is 19.3 Å². The van der Waals surface area contributed by atoms with Gasteiger partial charge in [0.15, 0.2) is 0 Å². The third kappa shape index (κ3) is 4.95. The number of amides is 3. The zero-order valence-corrected chi connectivity index (χ0v) is 16.3. The van der Waals surface area contributed by atoms with E-state index < -0.39 is 0 Å². The van der Waals surface area contributed by atoms with Gasteiger partial charge in [-0.05, 0) is 48.5 Å². The highest BCUT2D eigenvalue weighted by Crippen LogP contribution is 2.29. The predicted molar refractivity (Wildman–Crippen MR) is 104 cm³/mol. The van der Waals surface area contributed by atoms with Gasteiger partial charge in [0.25, 0.3) is 0 Å². The normalized spacial score (nSPS) is 14.0. The molecule has 0 aromatic heterocycles. The van der Waals surface area contributed by atoms with Crippen LogP contribution in [0.5, 0.6) is 0 Å². The van der Waals surface area contributed by atoms with E-state index in [0.717, 1.165) is 19.2 Å². The molecule has 2 aromatic carbocycles. The lowest BCUT2D eigenvalue weighted by Crippen LogP contribution is -2.32. The minimum atomic E-state index is -0.217. The van der Waals surface area contributed by atoms with Crippen molar-refractivity contribution in [1.29, 1.82) is 0 Å². The lowest BCUT2D eigenvalue weighted by Gasteiger charge is -2.13. The molecule has 134 valence electrons. The summed E-state index contributed by atoms with van der Waals surface area (Å²) in [5, 5.41) is 2.79. The fraction of sp³-hybridized carbons (Fsp3) is 0.211. The molecule has 0 spiro atoms. The topological polar surface area (TPSA) is 66.5 Å². The number of hydrogen-bond acceptors (Lipinski definition) is 4. The van der Waals surface area contributed by atoms with Gasteiger partial charge in [-0.25, -0.2) is 0 Å². The second-order valence-electron chi connectivity index (χ2n) is 5.82. The first-order valence-electron chi connectivity index (χ1n) is 8.18. The molecule has 1 heterocycles. The van der Waals surface area contributed by atoms with Gasteiger partial charge in [0.1, 0.15) is 0 Å². The fourth-order valence-corrected chi connectivity index (χ4v) is 3.63. The summed E-state index contributed by atoms with van der Waals surface area (Å²) in [6.45, 7) is 0.140. The molecule has 0 atom stereocenters. The van der Waals surface area contributed by atoms with Crippen LogP contribution in [0.25, 0.3) is 0 Å². The number of anilines is 1. The number of likely N-dealkylation sites (tertiary alicyclic amines) is 1. The van der Waals surface area contributed by atoms with Crippen LogP contribution < -0.4 is 5.32 Å². The van der Waals surface area contributed by atoms with E-state index in [4.69, 9.17) is 0 Å². The number of nitrogens with zero attached hydrogens (tertiary/aromatic N) is 1. The van der Waals surface area contributed by atoms with Crippen LogP contribution in [0.4, 0.5) is 5.69 Å². The Kier molecular flexibility index (Phi) is 6.11. The van der Waals surface area contributed by atoms with Crippen molar-refractivity contribution < 1.29 is 14.4 Å². The molecule has 0 bridgehead atoms. The molecule has 0 saturated carbocycles. The lowest BCUT2D eigenvalue weighted by molar-refractivity contribution is -0.138. The second-order valence-corrected chi connectivity index (χ2v) is 7.88. The molecule has 3 rings (SSSR count). The largest absolute Gasteiger partial charge is 0.326 e. The highest BCUT2D eigenvalue weighted by atomic mass is 79.9. The van der Waals surface area contributed by atoms with Crippen molar-refractivity contribution in [2.24, 2.45) is 0 Å². The maximum atomic E-state index is 12.0. The summed E-state index contributed by atoms with van der Waals surface area (Å²) < 4.78 is 1.04. The Labute approximate surface area is 164 Å². The zero-order valence-electron chi connectivity index (χ0n) is 13.9. The first-order chi connectivity index (χ1) is 12.5. The molecule has 0 unspecified atom stereocenters. The summed E-state index contributed by atoms with van der Waals surface area (Å²) in [5.74, 6) is -0.611. The number of nitrogens with one attached hydrogen (secondary N) is 1. The molecule has 1 N–H and O–H groups in total. The zero-order chi connectivity index (χ0) is 18.5. The van der Waals surface area contributed by atoms with Gasteiger partial charge in [0.05, 0.1) is 0 Å². The van der Waals surface area contributed by atoms with E-state index in [1.807, 2.05) is 48.5 Å². The van der Waals surface area contributed by atoms with Crippen LogP contribution in [-0.2, 0) is 14.4 Å². The van der Waals surface area contributed by atoms with Crippen molar-refractivity contribution in [2.75, 3.05) is 11.9 Å². The van der Waals surface area contributed by atoms with Crippen LogP contribution in [0.3, 0.4) is 0 Å². The summed E-state index contributed by atoms with van der Waals surface area (Å²) in [7, 11) is 0. The number of benzene rings is 2. The van der Waals surface area contributed by atoms with Gasteiger partial charge in [-0.3, -0.25) is 19.3 Å². The van der Waals surface area contributed by atoms with Gasteiger partial charge in [-0.2, -0.15) is 0 Å². The Morgan fingerprint density at radius 1 is 0.962 bits per heavy atom. The molecular formula is C19H17BrN2O3S. The highest BCUT2D eigenvalue weighted by Gasteiger charge is 2.28. The minimum absolute atomic E-state index is 0.104. The average Bonchev–Trinajstić information content (AvgIpc) is 2.95. The van der Waals surface area contributed by atoms with Gasteiger partial charge in [0, 0.05) is 45.8 Å². The summed E-state index contributed by atoms with van der Waals surface area (Å²) >= 11 is 5.05. The Morgan fingerprint density at radius 3 is 2.08 bits per heavy atom. The lowest BCUT2D eigenvalue weighted by atomic mass is 10.3. The summed E-state index contributed by atoms with van der Waals surface area (Å²) in [4.78, 5) is 38.4. The molecule has 3 amide bonds. The number of hydrogen-bond donors (Lipinski definition) is 1. The molecule has 0 radical (unpaired) electrons. The van der Waals surface area contributed by atoms with Crippen molar-refractivity contribution in [3.8, 4) is 0 Å². The molecule has 1 aliphatic heterocycles. The van der Waals surface area contributed by atoms with Crippen LogP contribution >= 0.6 is 27.7 Å². The molecule has 1 saturated heterocycles. The standard InChI is InChI=1S/C19H17BrN2O3S/c20-13-1-5-15(6-2-13)26-16-7-3-14(4-8-16)21-17(23)11-12-22-18(24)9-10-19(22)25/h1-8H,9-12H2,(H,21,23). The van der Waals surface area contributed by atoms with Gasteiger partial charge in [0.2, 0.25) is 17.7 Å². The third-order valence-corrected chi connectivity index (χ3v) is 5.45. The second kappa shape index (κ2) is 8.51. The molecule has 1 aliphatic rings. The SMILES string of the molecule is O=C(CCN1C(=O)CCC1=O)Nc1ccc(Sc2ccc(Br)cc2)cc1. The van der Waals surface area contributed by atoms with E-state index in [-0.39, 0.29) is 43.5 Å². The molecule has 2 aromatic rings. The highest BCUT2D eigenvalue weighted by molar-refractivity contribution is 9.10. The van der Waals surface area contributed by atoms with Crippen molar-refractivity contribution in [1.82, 2.24) is 4.90 Å². The Bertz CT molecular complexity index is 806. The minimum Gasteiger partial charge on any atom is -0.326 e. The summed E-state index contributed by atoms with van der Waals surface area (Å²) in [6.07, 6.45) is 0.600. The van der Waals surface area contributed by atoms with Crippen molar-refractivity contribution in [2.45, 2.75) is 29.1 Å². The number of imide groups is 1. The molecular weight excluding hydrogens is 416 g/mol. The quantitative estimate of drug-likeness (QED) is 0.698. The monoisotopic (exact) mass is 432 g/mol. The summed E-state index contributed by atoms with van der Waals surface area (Å²) in [5.41, 5.74) is 0.689. The summed E-state index contributed by atoms with van der Waals surface area (Å²) in [6, 6.07) is 15.6. The number of carbonyl (C=O) groups is 3. The van der Waals surface area contributed by atoms with E-state index in [1.54, 1.807) is 11.8 Å². The van der Waals surface area contributed by atoms with E-state index >= 15 is 0 Å². The van der Waals surface area contributed by atoms with Crippen LogP contribution in [0.15, 0.2) is 62.8 Å². The van der Waals surface area contributed by atoms with Crippen molar-refractivity contribution in [3.63, 3.8) is 0 Å². The first-order valence-corrected chi connectivity index (χ1v) is 9.79. The van der Waals surface area contributed by atoms with Gasteiger partial charge >= 0.3 is 0 Å².